The molecular formula is C15H12O4. The first kappa shape index (κ1) is 11.7. The summed E-state index contributed by atoms with van der Waals surface area (Å²) >= 11 is 0. The molecule has 2 aromatic rings. The van der Waals surface area contributed by atoms with E-state index in [9.17, 15) is 9.90 Å². The Kier molecular flexibility index (Phi) is 2.72. The van der Waals surface area contributed by atoms with Crippen molar-refractivity contribution in [2.24, 2.45) is 0 Å². The van der Waals surface area contributed by atoms with E-state index in [1.807, 2.05) is 24.3 Å². The first-order valence-corrected chi connectivity index (χ1v) is 5.93. The van der Waals surface area contributed by atoms with Crippen molar-refractivity contribution in [2.75, 3.05) is 0 Å². The van der Waals surface area contributed by atoms with Gasteiger partial charge in [0.2, 0.25) is 0 Å². The van der Waals surface area contributed by atoms with Gasteiger partial charge in [-0.3, -0.25) is 0 Å². The third-order valence-corrected chi connectivity index (χ3v) is 3.28. The monoisotopic (exact) mass is 256 g/mol. The van der Waals surface area contributed by atoms with Crippen molar-refractivity contribution in [1.29, 1.82) is 0 Å². The zero-order valence-electron chi connectivity index (χ0n) is 10.0. The molecular weight excluding hydrogens is 244 g/mol. The Morgan fingerprint density at radius 3 is 2.74 bits per heavy atom. The number of carboxylic acids is 1. The van der Waals surface area contributed by atoms with Crippen LogP contribution >= 0.6 is 0 Å². The van der Waals surface area contributed by atoms with Crippen LogP contribution in [0, 0.1) is 0 Å². The molecule has 1 heterocycles. The number of aliphatic hydroxyl groups is 1. The molecule has 4 nitrogen and oxygen atoms in total. The lowest BCUT2D eigenvalue weighted by Crippen LogP contribution is -2.03. The first-order chi connectivity index (χ1) is 9.16. The smallest absolute Gasteiger partial charge is 0.335 e. The molecule has 1 aliphatic rings. The molecule has 4 heteroatoms. The largest absolute Gasteiger partial charge is 0.488 e. The molecule has 96 valence electrons. The summed E-state index contributed by atoms with van der Waals surface area (Å²) in [4.78, 5) is 11.0. The van der Waals surface area contributed by atoms with Gasteiger partial charge in [-0.05, 0) is 29.3 Å². The highest BCUT2D eigenvalue weighted by Crippen LogP contribution is 2.36. The predicted octanol–water partition coefficient (Wildman–Crippen LogP) is 2.36. The molecule has 1 atom stereocenters. The fourth-order valence-corrected chi connectivity index (χ4v) is 2.28. The van der Waals surface area contributed by atoms with E-state index in [-0.39, 0.29) is 5.56 Å². The zero-order chi connectivity index (χ0) is 13.4. The number of aliphatic hydroxyl groups excluding tert-OH is 1. The minimum atomic E-state index is -1.02. The van der Waals surface area contributed by atoms with E-state index in [1.54, 1.807) is 6.07 Å². The molecule has 0 bridgehead atoms. The highest BCUT2D eigenvalue weighted by atomic mass is 16.5. The molecule has 0 saturated heterocycles. The number of carboxylic acid groups (broad SMARTS) is 1. The Balaban J connectivity index is 2.15. The van der Waals surface area contributed by atoms with Gasteiger partial charge in [-0.1, -0.05) is 24.3 Å². The van der Waals surface area contributed by atoms with Gasteiger partial charge in [-0.15, -0.1) is 0 Å². The van der Waals surface area contributed by atoms with Gasteiger partial charge in [0.05, 0.1) is 5.56 Å². The van der Waals surface area contributed by atoms with Crippen LogP contribution in [0.5, 0.6) is 5.75 Å². The van der Waals surface area contributed by atoms with Gasteiger partial charge in [0.15, 0.2) is 0 Å². The SMILES string of the molecule is O=C(O)c1ccc2c(c1)C(O)c1ccccc1CO2. The van der Waals surface area contributed by atoms with Crippen LogP contribution in [0.1, 0.15) is 33.2 Å². The van der Waals surface area contributed by atoms with Crippen LogP contribution in [0.3, 0.4) is 0 Å². The maximum Gasteiger partial charge on any atom is 0.335 e. The van der Waals surface area contributed by atoms with Crippen molar-refractivity contribution in [3.05, 3.63) is 64.7 Å². The number of rotatable bonds is 1. The number of hydrogen-bond acceptors (Lipinski definition) is 3. The molecule has 0 fully saturated rings. The van der Waals surface area contributed by atoms with E-state index in [4.69, 9.17) is 9.84 Å². The Labute approximate surface area is 109 Å². The highest BCUT2D eigenvalue weighted by molar-refractivity contribution is 5.88. The van der Waals surface area contributed by atoms with Crippen LogP contribution in [0.2, 0.25) is 0 Å². The normalized spacial score (nSPS) is 16.8. The summed E-state index contributed by atoms with van der Waals surface area (Å²) in [5, 5.41) is 19.4. The van der Waals surface area contributed by atoms with Crippen LogP contribution in [0.15, 0.2) is 42.5 Å². The van der Waals surface area contributed by atoms with Crippen LogP contribution in [0.25, 0.3) is 0 Å². The van der Waals surface area contributed by atoms with E-state index < -0.39 is 12.1 Å². The minimum Gasteiger partial charge on any atom is -0.488 e. The van der Waals surface area contributed by atoms with E-state index in [1.165, 1.54) is 12.1 Å². The fourth-order valence-electron chi connectivity index (χ4n) is 2.28. The Hall–Kier alpha value is -2.33. The summed E-state index contributed by atoms with van der Waals surface area (Å²) in [6.07, 6.45) is -0.868. The average molecular weight is 256 g/mol. The van der Waals surface area contributed by atoms with E-state index >= 15 is 0 Å². The van der Waals surface area contributed by atoms with E-state index in [0.29, 0.717) is 17.9 Å². The first-order valence-electron chi connectivity index (χ1n) is 5.93. The zero-order valence-corrected chi connectivity index (χ0v) is 10.0. The molecule has 2 aromatic carbocycles. The summed E-state index contributed by atoms with van der Waals surface area (Å²) in [6.45, 7) is 0.368. The maximum atomic E-state index is 11.0. The quantitative estimate of drug-likeness (QED) is 0.822. The fraction of sp³-hybridized carbons (Fsp3) is 0.133. The number of ether oxygens (including phenoxy) is 1. The van der Waals surface area contributed by atoms with Crippen molar-refractivity contribution >= 4 is 5.97 Å². The van der Waals surface area contributed by atoms with Crippen LogP contribution < -0.4 is 4.74 Å². The molecule has 19 heavy (non-hydrogen) atoms. The number of hydrogen-bond donors (Lipinski definition) is 2. The van der Waals surface area contributed by atoms with Crippen molar-refractivity contribution < 1.29 is 19.7 Å². The van der Waals surface area contributed by atoms with Crippen molar-refractivity contribution in [1.82, 2.24) is 0 Å². The molecule has 3 rings (SSSR count). The van der Waals surface area contributed by atoms with Crippen molar-refractivity contribution in [2.45, 2.75) is 12.7 Å². The maximum absolute atomic E-state index is 11.0. The van der Waals surface area contributed by atoms with E-state index in [2.05, 4.69) is 0 Å². The third-order valence-electron chi connectivity index (χ3n) is 3.28. The summed E-state index contributed by atoms with van der Waals surface area (Å²) in [5.41, 5.74) is 2.29. The molecule has 1 unspecified atom stereocenters. The standard InChI is InChI=1S/C15H12O4/c16-14-11-4-2-1-3-10(11)8-19-13-6-5-9(15(17)18)7-12(13)14/h1-7,14,16H,8H2,(H,17,18). The second-order valence-corrected chi connectivity index (χ2v) is 4.45. The molecule has 0 aliphatic carbocycles. The molecule has 1 aliphatic heterocycles. The van der Waals surface area contributed by atoms with Crippen LogP contribution in [-0.4, -0.2) is 16.2 Å². The molecule has 0 radical (unpaired) electrons. The molecule has 0 saturated carbocycles. The van der Waals surface area contributed by atoms with Crippen LogP contribution in [0.4, 0.5) is 0 Å². The average Bonchev–Trinajstić information content (AvgIpc) is 2.57. The lowest BCUT2D eigenvalue weighted by atomic mass is 9.96. The van der Waals surface area contributed by atoms with E-state index in [0.717, 1.165) is 11.1 Å². The van der Waals surface area contributed by atoms with Crippen molar-refractivity contribution in [3.8, 4) is 5.75 Å². The second kappa shape index (κ2) is 4.40. The summed E-state index contributed by atoms with van der Waals surface area (Å²) < 4.78 is 5.63. The second-order valence-electron chi connectivity index (χ2n) is 4.45. The van der Waals surface area contributed by atoms with Gasteiger partial charge in [0.1, 0.15) is 18.5 Å². The topological polar surface area (TPSA) is 66.8 Å². The van der Waals surface area contributed by atoms with Crippen LogP contribution in [-0.2, 0) is 6.61 Å². The van der Waals surface area contributed by atoms with Crippen molar-refractivity contribution in [3.63, 3.8) is 0 Å². The number of aromatic carboxylic acids is 1. The third kappa shape index (κ3) is 1.96. The summed E-state index contributed by atoms with van der Waals surface area (Å²) in [5.74, 6) is -0.499. The van der Waals surface area contributed by atoms with Gasteiger partial charge >= 0.3 is 5.97 Å². The van der Waals surface area contributed by atoms with Gasteiger partial charge in [0.25, 0.3) is 0 Å². The van der Waals surface area contributed by atoms with Gasteiger partial charge in [-0.25, -0.2) is 4.79 Å². The minimum absolute atomic E-state index is 0.140. The van der Waals surface area contributed by atoms with Gasteiger partial charge in [0, 0.05) is 5.56 Å². The number of fused-ring (bicyclic) bond motifs is 2. The molecule has 0 amide bonds. The lowest BCUT2D eigenvalue weighted by molar-refractivity contribution is 0.0696. The predicted molar refractivity (Wildman–Crippen MR) is 68.2 cm³/mol. The van der Waals surface area contributed by atoms with Gasteiger partial charge < -0.3 is 14.9 Å². The Bertz CT molecular complexity index is 648. The lowest BCUT2D eigenvalue weighted by Gasteiger charge is -2.13. The molecule has 0 spiro atoms. The Morgan fingerprint density at radius 1 is 1.16 bits per heavy atom. The van der Waals surface area contributed by atoms with Gasteiger partial charge in [-0.2, -0.15) is 0 Å². The number of carbonyl (C=O) groups is 1. The highest BCUT2D eigenvalue weighted by Gasteiger charge is 2.23. The summed E-state index contributed by atoms with van der Waals surface area (Å²) in [7, 11) is 0. The molecule has 0 aromatic heterocycles. The molecule has 2 N–H and O–H groups in total. The summed E-state index contributed by atoms with van der Waals surface area (Å²) in [6, 6.07) is 12.0. The Morgan fingerprint density at radius 2 is 1.95 bits per heavy atom. The number of benzene rings is 2.